The van der Waals surface area contributed by atoms with E-state index in [2.05, 4.69) is 26.0 Å². The first-order valence-corrected chi connectivity index (χ1v) is 20.9. The van der Waals surface area contributed by atoms with Gasteiger partial charge in [-0.15, -0.1) is 0 Å². The van der Waals surface area contributed by atoms with Crippen LogP contribution in [-0.2, 0) is 48.7 Å². The standard InChI is InChI=1S/C34H66O12S2.2Na/c1-3-5-7-9-11-13-15-17-21-41-29-33(45-23-19-27-47(35,36)37)31-43-25-26-44-32-34(46-24-20-28-48(38,39)40)30-42-22-18-16-14-12-10-8-6-4-2;;/h15-18,33-34H,3-14,19-32H2,1-2H3,(H,35,36,37)(H,38,39,40);;/q;2*+1/p-2/b17-15+,18-16+;;. The average molecular weight is 775 g/mol. The maximum atomic E-state index is 10.9. The Kier molecular flexibility index (Phi) is 44.0. The van der Waals surface area contributed by atoms with Gasteiger partial charge < -0.3 is 37.5 Å². The van der Waals surface area contributed by atoms with Gasteiger partial charge in [0.25, 0.3) is 0 Å². The number of hydrogen-bond acceptors (Lipinski definition) is 12. The van der Waals surface area contributed by atoms with Gasteiger partial charge in [-0.05, 0) is 38.5 Å². The Labute approximate surface area is 348 Å². The molecule has 0 aliphatic rings. The molecule has 0 radical (unpaired) electrons. The Morgan fingerprint density at radius 3 is 1.20 bits per heavy atom. The van der Waals surface area contributed by atoms with E-state index in [1.165, 1.54) is 51.4 Å². The van der Waals surface area contributed by atoms with Crippen molar-refractivity contribution in [2.75, 3.05) is 77.6 Å². The number of hydrogen-bond donors (Lipinski definition) is 0. The van der Waals surface area contributed by atoms with Crippen LogP contribution in [0, 0.1) is 0 Å². The number of rotatable bonds is 37. The molecule has 12 nitrogen and oxygen atoms in total. The van der Waals surface area contributed by atoms with Gasteiger partial charge in [0, 0.05) is 24.7 Å². The van der Waals surface area contributed by atoms with Crippen molar-refractivity contribution in [2.45, 2.75) is 116 Å². The minimum atomic E-state index is -4.30. The molecule has 0 N–H and O–H groups in total. The van der Waals surface area contributed by atoms with Gasteiger partial charge in [0.15, 0.2) is 0 Å². The smallest absolute Gasteiger partial charge is 0.748 e. The second-order valence-corrected chi connectivity index (χ2v) is 14.8. The Bertz CT molecular complexity index is 905. The van der Waals surface area contributed by atoms with E-state index >= 15 is 0 Å². The van der Waals surface area contributed by atoms with E-state index in [-0.39, 0.29) is 125 Å². The second kappa shape index (κ2) is 39.7. The van der Waals surface area contributed by atoms with Crippen LogP contribution in [0.5, 0.6) is 0 Å². The molecule has 0 aromatic rings. The molecule has 0 aliphatic carbocycles. The number of allylic oxidation sites excluding steroid dienone is 2. The van der Waals surface area contributed by atoms with Crippen LogP contribution in [0.1, 0.15) is 104 Å². The van der Waals surface area contributed by atoms with Crippen molar-refractivity contribution < 1.29 is 113 Å². The Balaban J connectivity index is -0.0000110. The minimum absolute atomic E-state index is 0. The van der Waals surface area contributed by atoms with Crippen LogP contribution in [-0.4, -0.2) is 116 Å². The van der Waals surface area contributed by atoms with Gasteiger partial charge >= 0.3 is 59.1 Å². The van der Waals surface area contributed by atoms with E-state index in [4.69, 9.17) is 28.4 Å². The van der Waals surface area contributed by atoms with E-state index in [0.717, 1.165) is 25.7 Å². The van der Waals surface area contributed by atoms with E-state index in [9.17, 15) is 25.9 Å². The summed E-state index contributed by atoms with van der Waals surface area (Å²) in [7, 11) is -8.61. The van der Waals surface area contributed by atoms with Gasteiger partial charge in [0.05, 0.1) is 73.1 Å². The van der Waals surface area contributed by atoms with Crippen molar-refractivity contribution in [2.24, 2.45) is 0 Å². The Morgan fingerprint density at radius 1 is 0.480 bits per heavy atom. The van der Waals surface area contributed by atoms with Gasteiger partial charge in [-0.25, -0.2) is 16.8 Å². The summed E-state index contributed by atoms with van der Waals surface area (Å²) in [5.41, 5.74) is 0. The van der Waals surface area contributed by atoms with Crippen LogP contribution < -0.4 is 59.1 Å². The molecule has 0 saturated carbocycles. The largest absolute Gasteiger partial charge is 1.00 e. The molecule has 0 aliphatic heterocycles. The summed E-state index contributed by atoms with van der Waals surface area (Å²) in [6, 6.07) is 0. The normalized spacial score (nSPS) is 13.4. The summed E-state index contributed by atoms with van der Waals surface area (Å²) in [6.45, 7) is 6.76. The fraction of sp³-hybridized carbons (Fsp3) is 0.882. The zero-order valence-electron chi connectivity index (χ0n) is 31.6. The third-order valence-electron chi connectivity index (χ3n) is 7.08. The molecule has 0 spiro atoms. The fourth-order valence-corrected chi connectivity index (χ4v) is 5.39. The summed E-state index contributed by atoms with van der Waals surface area (Å²) < 4.78 is 99.6. The van der Waals surface area contributed by atoms with Gasteiger partial charge in [-0.1, -0.05) is 89.5 Å². The summed E-state index contributed by atoms with van der Waals surface area (Å²) in [5.74, 6) is -0.989. The first-order chi connectivity index (χ1) is 23.1. The topological polar surface area (TPSA) is 170 Å². The van der Waals surface area contributed by atoms with Crippen LogP contribution in [0.3, 0.4) is 0 Å². The summed E-state index contributed by atoms with van der Waals surface area (Å²) in [4.78, 5) is 0. The van der Waals surface area contributed by atoms with Crippen molar-refractivity contribution in [1.29, 1.82) is 0 Å². The second-order valence-electron chi connectivity index (χ2n) is 11.8. The average Bonchev–Trinajstić information content (AvgIpc) is 3.02. The third kappa shape index (κ3) is 45.2. The Morgan fingerprint density at radius 2 is 0.840 bits per heavy atom. The predicted octanol–water partition coefficient (Wildman–Crippen LogP) is -0.465. The van der Waals surface area contributed by atoms with Crippen molar-refractivity contribution in [3.05, 3.63) is 24.3 Å². The van der Waals surface area contributed by atoms with Crippen molar-refractivity contribution >= 4 is 20.2 Å². The Hall–Kier alpha value is 1.06. The van der Waals surface area contributed by atoms with E-state index in [1.54, 1.807) is 0 Å². The van der Waals surface area contributed by atoms with E-state index in [1.807, 2.05) is 12.2 Å². The molecular weight excluding hydrogens is 710 g/mol. The maximum Gasteiger partial charge on any atom is 1.00 e. The minimum Gasteiger partial charge on any atom is -0.748 e. The van der Waals surface area contributed by atoms with Crippen molar-refractivity contribution in [1.82, 2.24) is 0 Å². The van der Waals surface area contributed by atoms with Crippen molar-refractivity contribution in [3.63, 3.8) is 0 Å². The van der Waals surface area contributed by atoms with Crippen LogP contribution in [0.4, 0.5) is 0 Å². The quantitative estimate of drug-likeness (QED) is 0.0345. The fourth-order valence-electron chi connectivity index (χ4n) is 4.45. The first-order valence-electron chi connectivity index (χ1n) is 17.8. The molecule has 0 bridgehead atoms. The third-order valence-corrected chi connectivity index (χ3v) is 8.66. The molecule has 0 amide bonds. The molecule has 286 valence electrons. The molecule has 0 saturated heterocycles. The van der Waals surface area contributed by atoms with Crippen molar-refractivity contribution in [3.8, 4) is 0 Å². The summed E-state index contributed by atoms with van der Waals surface area (Å²) in [5, 5.41) is 0. The first kappa shape index (κ1) is 55.4. The van der Waals surface area contributed by atoms with Gasteiger partial charge in [-0.2, -0.15) is 0 Å². The van der Waals surface area contributed by atoms with Gasteiger partial charge in [-0.3, -0.25) is 0 Å². The van der Waals surface area contributed by atoms with Gasteiger partial charge in [0.1, 0.15) is 12.2 Å². The van der Waals surface area contributed by atoms with Crippen LogP contribution >= 0.6 is 0 Å². The number of unbranched alkanes of at least 4 members (excludes halogenated alkanes) is 10. The van der Waals surface area contributed by atoms with E-state index < -0.39 is 43.9 Å². The molecule has 0 rings (SSSR count). The maximum absolute atomic E-state index is 10.9. The molecule has 0 heterocycles. The molecule has 2 unspecified atom stereocenters. The van der Waals surface area contributed by atoms with Crippen LogP contribution in [0.2, 0.25) is 0 Å². The van der Waals surface area contributed by atoms with Gasteiger partial charge in [0.2, 0.25) is 0 Å². The zero-order valence-corrected chi connectivity index (χ0v) is 37.2. The number of ether oxygens (including phenoxy) is 6. The monoisotopic (exact) mass is 774 g/mol. The molecule has 0 aromatic heterocycles. The molecule has 50 heavy (non-hydrogen) atoms. The summed E-state index contributed by atoms with van der Waals surface area (Å²) >= 11 is 0. The zero-order chi connectivity index (χ0) is 35.6. The van der Waals surface area contributed by atoms with E-state index in [0.29, 0.717) is 13.2 Å². The van der Waals surface area contributed by atoms with Crippen LogP contribution in [0.15, 0.2) is 24.3 Å². The molecule has 16 heteroatoms. The van der Waals surface area contributed by atoms with Crippen LogP contribution in [0.25, 0.3) is 0 Å². The SMILES string of the molecule is CCCCCCC/C=C/COCC(COCCOCC(COC/C=C/CCCCCCC)OCCCS(=O)(=O)[O-])OCCCS(=O)(=O)[O-].[Na+].[Na+]. The molecular formula is C34H64Na2O12S2. The molecule has 2 atom stereocenters. The molecule has 0 aromatic carbocycles. The predicted molar refractivity (Wildman–Crippen MR) is 186 cm³/mol. The molecule has 0 fully saturated rings. The summed E-state index contributed by atoms with van der Waals surface area (Å²) in [6.07, 6.45) is 21.7.